The summed E-state index contributed by atoms with van der Waals surface area (Å²) in [4.78, 5) is 21.7. The van der Waals surface area contributed by atoms with Crippen LogP contribution >= 0.6 is 27.3 Å². The molecule has 1 N–H and O–H groups in total. The van der Waals surface area contributed by atoms with E-state index in [1.807, 2.05) is 49.4 Å². The molecule has 0 aliphatic rings. The van der Waals surface area contributed by atoms with Crippen molar-refractivity contribution in [3.05, 3.63) is 75.7 Å². The van der Waals surface area contributed by atoms with E-state index < -0.39 is 0 Å². The van der Waals surface area contributed by atoms with Crippen LogP contribution in [-0.2, 0) is 0 Å². The van der Waals surface area contributed by atoms with Crippen LogP contribution in [0.25, 0.3) is 11.0 Å². The smallest absolute Gasteiger partial charge is 0.262 e. The molecule has 0 atom stereocenters. The molecule has 2 aromatic carbocycles. The van der Waals surface area contributed by atoms with Gasteiger partial charge in [-0.05, 0) is 43.3 Å². The number of halogens is 1. The Balaban J connectivity index is 1.89. The van der Waals surface area contributed by atoms with Crippen molar-refractivity contribution in [2.24, 2.45) is 4.99 Å². The number of para-hydroxylation sites is 2. The zero-order valence-electron chi connectivity index (χ0n) is 15.4. The topological polar surface area (TPSA) is 76.7 Å². The number of nitrogens with one attached hydrogen (secondary N) is 1. The standard InChI is InChI=1S/C21H16BrN3O3S/c1-2-27-18-6-4-3-5-16(18)24-20-15(19(26)25-21-23-9-10-29-21)12-13-11-14(22)7-8-17(13)28-20/h3-12H,2H2,1H3,(H,23,25,26). The normalized spacial score (nSPS) is 11.6. The summed E-state index contributed by atoms with van der Waals surface area (Å²) >= 11 is 4.79. The van der Waals surface area contributed by atoms with Gasteiger partial charge in [-0.15, -0.1) is 11.3 Å². The van der Waals surface area contributed by atoms with Crippen molar-refractivity contribution >= 4 is 55.0 Å². The van der Waals surface area contributed by atoms with Crippen LogP contribution in [0.1, 0.15) is 17.3 Å². The van der Waals surface area contributed by atoms with Crippen molar-refractivity contribution in [3.8, 4) is 5.75 Å². The first-order valence-electron chi connectivity index (χ1n) is 8.85. The average Bonchev–Trinajstić information content (AvgIpc) is 3.22. The predicted molar refractivity (Wildman–Crippen MR) is 117 cm³/mol. The van der Waals surface area contributed by atoms with E-state index in [2.05, 4.69) is 31.2 Å². The van der Waals surface area contributed by atoms with Crippen LogP contribution in [0, 0.1) is 0 Å². The number of aromatic nitrogens is 1. The Morgan fingerprint density at radius 1 is 1.28 bits per heavy atom. The van der Waals surface area contributed by atoms with Crippen LogP contribution in [0.3, 0.4) is 0 Å². The number of nitrogens with zero attached hydrogens (tertiary/aromatic N) is 2. The van der Waals surface area contributed by atoms with E-state index >= 15 is 0 Å². The third kappa shape index (κ3) is 4.38. The number of carbonyl (C=O) groups is 1. The minimum atomic E-state index is -0.349. The Bertz CT molecular complexity index is 1240. The number of hydrogen-bond donors (Lipinski definition) is 1. The molecule has 8 heteroatoms. The molecule has 29 heavy (non-hydrogen) atoms. The van der Waals surface area contributed by atoms with Gasteiger partial charge in [-0.1, -0.05) is 28.1 Å². The molecule has 0 aliphatic heterocycles. The van der Waals surface area contributed by atoms with Crippen LogP contribution in [0.5, 0.6) is 5.75 Å². The molecule has 0 saturated heterocycles. The van der Waals surface area contributed by atoms with E-state index in [1.54, 1.807) is 17.6 Å². The van der Waals surface area contributed by atoms with Crippen LogP contribution in [0.4, 0.5) is 10.8 Å². The van der Waals surface area contributed by atoms with Crippen molar-refractivity contribution in [2.45, 2.75) is 6.92 Å². The predicted octanol–water partition coefficient (Wildman–Crippen LogP) is 5.54. The molecule has 4 aromatic rings. The summed E-state index contributed by atoms with van der Waals surface area (Å²) in [5.74, 6) is 0.269. The molecule has 6 nitrogen and oxygen atoms in total. The summed E-state index contributed by atoms with van der Waals surface area (Å²) in [6.45, 7) is 2.41. The maximum Gasteiger partial charge on any atom is 0.262 e. The van der Waals surface area contributed by atoms with Gasteiger partial charge >= 0.3 is 0 Å². The lowest BCUT2D eigenvalue weighted by atomic mass is 10.1. The van der Waals surface area contributed by atoms with Crippen molar-refractivity contribution in [3.63, 3.8) is 0 Å². The maximum atomic E-state index is 13.0. The zero-order chi connectivity index (χ0) is 20.2. The number of amides is 1. The Morgan fingerprint density at radius 2 is 2.14 bits per heavy atom. The lowest BCUT2D eigenvalue weighted by Crippen LogP contribution is -2.21. The van der Waals surface area contributed by atoms with E-state index in [-0.39, 0.29) is 11.5 Å². The van der Waals surface area contributed by atoms with Gasteiger partial charge in [0, 0.05) is 21.4 Å². The number of ether oxygens (including phenoxy) is 1. The first kappa shape index (κ1) is 19.4. The lowest BCUT2D eigenvalue weighted by molar-refractivity contribution is 0.102. The second kappa shape index (κ2) is 8.59. The van der Waals surface area contributed by atoms with Gasteiger partial charge in [0.15, 0.2) is 5.13 Å². The second-order valence-corrected chi connectivity index (χ2v) is 7.76. The molecular formula is C21H16BrN3O3S. The fourth-order valence-corrected chi connectivity index (χ4v) is 3.64. The number of rotatable bonds is 5. The highest BCUT2D eigenvalue weighted by Crippen LogP contribution is 2.27. The van der Waals surface area contributed by atoms with E-state index in [0.29, 0.717) is 34.3 Å². The summed E-state index contributed by atoms with van der Waals surface area (Å²) in [5.41, 5.74) is 1.70. The fourth-order valence-electron chi connectivity index (χ4n) is 2.73. The SMILES string of the molecule is CCOc1ccccc1N=c1oc2ccc(Br)cc2cc1C(=O)Nc1nccs1. The molecule has 2 heterocycles. The molecule has 0 saturated carbocycles. The van der Waals surface area contributed by atoms with Gasteiger partial charge in [-0.25, -0.2) is 9.98 Å². The highest BCUT2D eigenvalue weighted by atomic mass is 79.9. The molecule has 0 bridgehead atoms. The molecule has 0 radical (unpaired) electrons. The van der Waals surface area contributed by atoms with Crippen LogP contribution < -0.4 is 15.6 Å². The molecule has 0 fully saturated rings. The van der Waals surface area contributed by atoms with Crippen LogP contribution in [0.2, 0.25) is 0 Å². The third-order valence-corrected chi connectivity index (χ3v) is 5.17. The monoisotopic (exact) mass is 469 g/mol. The Hall–Kier alpha value is -2.97. The molecule has 4 rings (SSSR count). The first-order valence-corrected chi connectivity index (χ1v) is 10.5. The number of anilines is 1. The summed E-state index contributed by atoms with van der Waals surface area (Å²) in [6, 6.07) is 14.7. The van der Waals surface area contributed by atoms with Crippen molar-refractivity contribution in [1.82, 2.24) is 4.98 Å². The first-order chi connectivity index (χ1) is 14.1. The van der Waals surface area contributed by atoms with Gasteiger partial charge in [0.1, 0.15) is 22.6 Å². The van der Waals surface area contributed by atoms with Crippen molar-refractivity contribution in [1.29, 1.82) is 0 Å². The van der Waals surface area contributed by atoms with E-state index in [0.717, 1.165) is 9.86 Å². The quantitative estimate of drug-likeness (QED) is 0.416. The summed E-state index contributed by atoms with van der Waals surface area (Å²) in [7, 11) is 0. The Labute approximate surface area is 179 Å². The Morgan fingerprint density at radius 3 is 2.93 bits per heavy atom. The van der Waals surface area contributed by atoms with Gasteiger partial charge in [-0.2, -0.15) is 0 Å². The number of fused-ring (bicyclic) bond motifs is 1. The number of hydrogen-bond acceptors (Lipinski definition) is 6. The van der Waals surface area contributed by atoms with Gasteiger partial charge in [0.25, 0.3) is 5.91 Å². The molecule has 0 spiro atoms. The van der Waals surface area contributed by atoms with Gasteiger partial charge < -0.3 is 9.15 Å². The third-order valence-electron chi connectivity index (χ3n) is 3.99. The maximum absolute atomic E-state index is 13.0. The summed E-state index contributed by atoms with van der Waals surface area (Å²) in [6.07, 6.45) is 1.63. The summed E-state index contributed by atoms with van der Waals surface area (Å²) in [5, 5.41) is 5.86. The largest absolute Gasteiger partial charge is 0.492 e. The molecule has 0 aliphatic carbocycles. The minimum Gasteiger partial charge on any atom is -0.492 e. The van der Waals surface area contributed by atoms with Gasteiger partial charge in [0.05, 0.1) is 6.61 Å². The highest BCUT2D eigenvalue weighted by molar-refractivity contribution is 9.10. The second-order valence-electron chi connectivity index (χ2n) is 5.95. The van der Waals surface area contributed by atoms with Crippen LogP contribution in [0.15, 0.2) is 74.0 Å². The highest BCUT2D eigenvalue weighted by Gasteiger charge is 2.15. The summed E-state index contributed by atoms with van der Waals surface area (Å²) < 4.78 is 12.5. The van der Waals surface area contributed by atoms with Crippen molar-refractivity contribution in [2.75, 3.05) is 11.9 Å². The zero-order valence-corrected chi connectivity index (χ0v) is 17.8. The molecule has 1 amide bonds. The number of benzene rings is 2. The Kier molecular flexibility index (Phi) is 5.73. The average molecular weight is 470 g/mol. The van der Waals surface area contributed by atoms with Gasteiger partial charge in [-0.3, -0.25) is 10.1 Å². The van der Waals surface area contributed by atoms with E-state index in [1.165, 1.54) is 11.3 Å². The number of thiazole rings is 1. The molecular weight excluding hydrogens is 454 g/mol. The minimum absolute atomic E-state index is 0.195. The lowest BCUT2D eigenvalue weighted by Gasteiger charge is -2.08. The van der Waals surface area contributed by atoms with E-state index in [4.69, 9.17) is 9.15 Å². The van der Waals surface area contributed by atoms with Crippen LogP contribution in [-0.4, -0.2) is 17.5 Å². The number of carbonyl (C=O) groups excluding carboxylic acids is 1. The van der Waals surface area contributed by atoms with Gasteiger partial charge in [0.2, 0.25) is 5.55 Å². The van der Waals surface area contributed by atoms with E-state index in [9.17, 15) is 4.79 Å². The fraction of sp³-hybridized carbons (Fsp3) is 0.0952. The van der Waals surface area contributed by atoms with Crippen molar-refractivity contribution < 1.29 is 13.9 Å². The molecule has 146 valence electrons. The molecule has 2 aromatic heterocycles. The molecule has 0 unspecified atom stereocenters.